The highest BCUT2D eigenvalue weighted by Gasteiger charge is 2.14. The summed E-state index contributed by atoms with van der Waals surface area (Å²) in [7, 11) is 0. The summed E-state index contributed by atoms with van der Waals surface area (Å²) in [6, 6.07) is 0. The van der Waals surface area contributed by atoms with Crippen LogP contribution in [0.25, 0.3) is 0 Å². The molecule has 2 atom stereocenters. The van der Waals surface area contributed by atoms with E-state index in [4.69, 9.17) is 15.3 Å². The van der Waals surface area contributed by atoms with Gasteiger partial charge in [0.2, 0.25) is 0 Å². The van der Waals surface area contributed by atoms with Crippen molar-refractivity contribution in [3.63, 3.8) is 0 Å². The summed E-state index contributed by atoms with van der Waals surface area (Å²) in [5, 5.41) is 26.1. The van der Waals surface area contributed by atoms with Gasteiger partial charge < -0.3 is 15.3 Å². The van der Waals surface area contributed by atoms with E-state index in [2.05, 4.69) is 6.58 Å². The average molecular weight is 146 g/mol. The van der Waals surface area contributed by atoms with E-state index in [1.807, 2.05) is 0 Å². The fourth-order valence-corrected chi connectivity index (χ4v) is 0.716. The van der Waals surface area contributed by atoms with Crippen LogP contribution in [0.15, 0.2) is 12.7 Å². The average Bonchev–Trinajstić information content (AvgIpc) is 1.99. The standard InChI is InChI=1S/C7H14O3/c1-2-3-6(4-8)7(10)5-9/h2,6-10H,1,3-5H2. The third kappa shape index (κ3) is 2.96. The van der Waals surface area contributed by atoms with Crippen LogP contribution in [-0.4, -0.2) is 34.6 Å². The van der Waals surface area contributed by atoms with Crippen molar-refractivity contribution in [3.8, 4) is 0 Å². The maximum absolute atomic E-state index is 8.99. The largest absolute Gasteiger partial charge is 0.396 e. The van der Waals surface area contributed by atoms with Crippen LogP contribution < -0.4 is 0 Å². The van der Waals surface area contributed by atoms with Crippen LogP contribution in [0.3, 0.4) is 0 Å². The van der Waals surface area contributed by atoms with Crippen molar-refractivity contribution in [1.29, 1.82) is 0 Å². The maximum Gasteiger partial charge on any atom is 0.0823 e. The Morgan fingerprint density at radius 2 is 1.90 bits per heavy atom. The topological polar surface area (TPSA) is 60.7 Å². The Balaban J connectivity index is 3.67. The molecule has 0 saturated heterocycles. The summed E-state index contributed by atoms with van der Waals surface area (Å²) in [6.07, 6.45) is 1.31. The molecule has 10 heavy (non-hydrogen) atoms. The summed E-state index contributed by atoms with van der Waals surface area (Å²) in [5.41, 5.74) is 0. The van der Waals surface area contributed by atoms with Crippen molar-refractivity contribution >= 4 is 0 Å². The van der Waals surface area contributed by atoms with Gasteiger partial charge in [-0.1, -0.05) is 6.08 Å². The Kier molecular flexibility index (Phi) is 5.20. The lowest BCUT2D eigenvalue weighted by Crippen LogP contribution is -2.26. The first-order valence-corrected chi connectivity index (χ1v) is 3.27. The highest BCUT2D eigenvalue weighted by Crippen LogP contribution is 2.07. The SMILES string of the molecule is C=CCC(CO)C(O)CO. The number of rotatable bonds is 5. The van der Waals surface area contributed by atoms with E-state index < -0.39 is 6.10 Å². The van der Waals surface area contributed by atoms with Crippen molar-refractivity contribution in [1.82, 2.24) is 0 Å². The van der Waals surface area contributed by atoms with Gasteiger partial charge in [-0.2, -0.15) is 0 Å². The molecular weight excluding hydrogens is 132 g/mol. The Morgan fingerprint density at radius 1 is 1.30 bits per heavy atom. The van der Waals surface area contributed by atoms with Gasteiger partial charge in [-0.05, 0) is 6.42 Å². The fourth-order valence-electron chi connectivity index (χ4n) is 0.716. The predicted molar refractivity (Wildman–Crippen MR) is 38.5 cm³/mol. The molecule has 0 bridgehead atoms. The van der Waals surface area contributed by atoms with E-state index in [1.54, 1.807) is 6.08 Å². The van der Waals surface area contributed by atoms with Crippen LogP contribution in [-0.2, 0) is 0 Å². The van der Waals surface area contributed by atoms with Gasteiger partial charge in [0.05, 0.1) is 12.7 Å². The summed E-state index contributed by atoms with van der Waals surface area (Å²) in [6.45, 7) is 3.04. The monoisotopic (exact) mass is 146 g/mol. The van der Waals surface area contributed by atoms with Crippen molar-refractivity contribution in [2.45, 2.75) is 12.5 Å². The van der Waals surface area contributed by atoms with Crippen molar-refractivity contribution in [2.75, 3.05) is 13.2 Å². The third-order valence-corrected chi connectivity index (χ3v) is 1.44. The van der Waals surface area contributed by atoms with Crippen LogP contribution in [0.5, 0.6) is 0 Å². The second-order valence-corrected chi connectivity index (χ2v) is 2.22. The van der Waals surface area contributed by atoms with Crippen molar-refractivity contribution in [3.05, 3.63) is 12.7 Å². The van der Waals surface area contributed by atoms with Gasteiger partial charge in [0.15, 0.2) is 0 Å². The van der Waals surface area contributed by atoms with Gasteiger partial charge in [0, 0.05) is 12.5 Å². The van der Waals surface area contributed by atoms with Crippen LogP contribution in [0.1, 0.15) is 6.42 Å². The van der Waals surface area contributed by atoms with Crippen LogP contribution in [0.2, 0.25) is 0 Å². The summed E-state index contributed by atoms with van der Waals surface area (Å²) < 4.78 is 0. The first-order valence-electron chi connectivity index (χ1n) is 3.27. The maximum atomic E-state index is 8.99. The molecule has 0 aromatic carbocycles. The Hall–Kier alpha value is -0.380. The predicted octanol–water partition coefficient (Wildman–Crippen LogP) is -0.476. The lowest BCUT2D eigenvalue weighted by atomic mass is 10.0. The molecule has 0 aliphatic rings. The van der Waals surface area contributed by atoms with Crippen LogP contribution in [0.4, 0.5) is 0 Å². The molecule has 3 nitrogen and oxygen atoms in total. The molecule has 2 unspecified atom stereocenters. The third-order valence-electron chi connectivity index (χ3n) is 1.44. The summed E-state index contributed by atoms with van der Waals surface area (Å²) >= 11 is 0. The number of hydrogen-bond donors (Lipinski definition) is 3. The molecule has 0 radical (unpaired) electrons. The minimum Gasteiger partial charge on any atom is -0.396 e. The number of hydrogen-bond acceptors (Lipinski definition) is 3. The highest BCUT2D eigenvalue weighted by atomic mass is 16.3. The van der Waals surface area contributed by atoms with Crippen molar-refractivity contribution in [2.24, 2.45) is 5.92 Å². The van der Waals surface area contributed by atoms with Gasteiger partial charge >= 0.3 is 0 Å². The normalized spacial score (nSPS) is 16.3. The minimum absolute atomic E-state index is 0.117. The Labute approximate surface area is 60.6 Å². The number of allylic oxidation sites excluding steroid dienone is 1. The Bertz CT molecular complexity index is 92.9. The molecule has 0 spiro atoms. The molecular formula is C7H14O3. The van der Waals surface area contributed by atoms with Crippen LogP contribution >= 0.6 is 0 Å². The fraction of sp³-hybridized carbons (Fsp3) is 0.714. The second-order valence-electron chi connectivity index (χ2n) is 2.22. The number of aliphatic hydroxyl groups is 3. The zero-order valence-electron chi connectivity index (χ0n) is 5.90. The molecule has 60 valence electrons. The van der Waals surface area contributed by atoms with Gasteiger partial charge in [0.1, 0.15) is 0 Å². The van der Waals surface area contributed by atoms with E-state index >= 15 is 0 Å². The van der Waals surface area contributed by atoms with E-state index in [9.17, 15) is 0 Å². The summed E-state index contributed by atoms with van der Waals surface area (Å²) in [5.74, 6) is -0.275. The molecule has 0 aliphatic heterocycles. The van der Waals surface area contributed by atoms with E-state index in [0.29, 0.717) is 6.42 Å². The molecule has 0 saturated carbocycles. The van der Waals surface area contributed by atoms with Gasteiger partial charge in [0.25, 0.3) is 0 Å². The second kappa shape index (κ2) is 5.41. The van der Waals surface area contributed by atoms with Gasteiger partial charge in [-0.25, -0.2) is 0 Å². The van der Waals surface area contributed by atoms with Gasteiger partial charge in [-0.3, -0.25) is 0 Å². The minimum atomic E-state index is -0.831. The molecule has 0 fully saturated rings. The smallest absolute Gasteiger partial charge is 0.0823 e. The number of aliphatic hydroxyl groups excluding tert-OH is 3. The van der Waals surface area contributed by atoms with E-state index in [0.717, 1.165) is 0 Å². The zero-order chi connectivity index (χ0) is 7.98. The molecule has 3 heteroatoms. The quantitative estimate of drug-likeness (QED) is 0.459. The molecule has 0 aromatic heterocycles. The van der Waals surface area contributed by atoms with Crippen molar-refractivity contribution < 1.29 is 15.3 Å². The Morgan fingerprint density at radius 3 is 2.20 bits per heavy atom. The van der Waals surface area contributed by atoms with Gasteiger partial charge in [-0.15, -0.1) is 6.58 Å². The highest BCUT2D eigenvalue weighted by molar-refractivity contribution is 4.77. The molecule has 0 heterocycles. The summed E-state index contributed by atoms with van der Waals surface area (Å²) in [4.78, 5) is 0. The van der Waals surface area contributed by atoms with Crippen LogP contribution in [0, 0.1) is 5.92 Å². The van der Waals surface area contributed by atoms with E-state index in [1.165, 1.54) is 0 Å². The molecule has 0 rings (SSSR count). The first-order chi connectivity index (χ1) is 4.76. The lowest BCUT2D eigenvalue weighted by Gasteiger charge is -2.16. The molecule has 0 amide bonds. The zero-order valence-corrected chi connectivity index (χ0v) is 5.90. The molecule has 3 N–H and O–H groups in total. The molecule has 0 aliphatic carbocycles. The lowest BCUT2D eigenvalue weighted by molar-refractivity contribution is 0.0239. The first kappa shape index (κ1) is 9.62. The molecule has 0 aromatic rings. The van der Waals surface area contributed by atoms with E-state index in [-0.39, 0.29) is 19.1 Å².